The van der Waals surface area contributed by atoms with Crippen LogP contribution < -0.4 is 11.1 Å². The molecule has 4 heteroatoms. The van der Waals surface area contributed by atoms with Crippen LogP contribution in [-0.2, 0) is 4.79 Å². The first-order chi connectivity index (χ1) is 6.42. The second-order valence-electron chi connectivity index (χ2n) is 3.94. The molecule has 0 aromatic carbocycles. The van der Waals surface area contributed by atoms with Crippen LogP contribution in [0.2, 0.25) is 0 Å². The lowest BCUT2D eigenvalue weighted by Gasteiger charge is -2.29. The van der Waals surface area contributed by atoms with E-state index in [2.05, 4.69) is 12.2 Å². The monoisotopic (exact) mass is 218 g/mol. The topological polar surface area (TPSA) is 55.1 Å². The molecular weight excluding hydrogens is 196 g/mol. The van der Waals surface area contributed by atoms with Gasteiger partial charge in [0.05, 0.1) is 5.54 Å². The second kappa shape index (κ2) is 6.30. The molecule has 0 bridgehead atoms. The van der Waals surface area contributed by atoms with Crippen molar-refractivity contribution in [2.45, 2.75) is 45.7 Å². The van der Waals surface area contributed by atoms with Crippen LogP contribution in [0.3, 0.4) is 0 Å². The number of primary amides is 1. The van der Waals surface area contributed by atoms with Crippen molar-refractivity contribution in [2.24, 2.45) is 5.73 Å². The summed E-state index contributed by atoms with van der Waals surface area (Å²) >= 11 is 1.83. The zero-order valence-corrected chi connectivity index (χ0v) is 10.4. The fourth-order valence-electron chi connectivity index (χ4n) is 1.32. The quantitative estimate of drug-likeness (QED) is 0.635. The number of hydrogen-bond donors (Lipinski definition) is 2. The summed E-state index contributed by atoms with van der Waals surface area (Å²) in [4.78, 5) is 11.3. The Morgan fingerprint density at radius 3 is 2.50 bits per heavy atom. The summed E-state index contributed by atoms with van der Waals surface area (Å²) in [6, 6.07) is 0.277. The summed E-state index contributed by atoms with van der Waals surface area (Å²) in [5, 5.41) is 3.23. The minimum absolute atomic E-state index is 0.261. The molecule has 0 aromatic heterocycles. The first-order valence-corrected chi connectivity index (χ1v) is 6.23. The Hall–Kier alpha value is -0.220. The van der Waals surface area contributed by atoms with Gasteiger partial charge in [-0.15, -0.1) is 0 Å². The highest BCUT2D eigenvalue weighted by Gasteiger charge is 2.30. The van der Waals surface area contributed by atoms with E-state index in [-0.39, 0.29) is 11.9 Å². The average molecular weight is 218 g/mol. The molecule has 3 N–H and O–H groups in total. The van der Waals surface area contributed by atoms with Crippen LogP contribution in [0.15, 0.2) is 0 Å². The third kappa shape index (κ3) is 4.86. The highest BCUT2D eigenvalue weighted by molar-refractivity contribution is 7.99. The number of nitrogens with one attached hydrogen (secondary N) is 1. The molecule has 1 unspecified atom stereocenters. The van der Waals surface area contributed by atoms with E-state index in [9.17, 15) is 4.79 Å². The van der Waals surface area contributed by atoms with Gasteiger partial charge in [-0.25, -0.2) is 0 Å². The Kier molecular flexibility index (Phi) is 6.20. The van der Waals surface area contributed by atoms with E-state index >= 15 is 0 Å². The minimum Gasteiger partial charge on any atom is -0.368 e. The fraction of sp³-hybridized carbons (Fsp3) is 0.900. The Labute approximate surface area is 91.2 Å². The van der Waals surface area contributed by atoms with Crippen LogP contribution >= 0.6 is 11.8 Å². The molecule has 3 nitrogen and oxygen atoms in total. The molecule has 0 fully saturated rings. The first-order valence-electron chi connectivity index (χ1n) is 5.07. The number of carbonyl (C=O) groups is 1. The van der Waals surface area contributed by atoms with Gasteiger partial charge in [-0.2, -0.15) is 11.8 Å². The third-order valence-electron chi connectivity index (χ3n) is 2.10. The molecule has 14 heavy (non-hydrogen) atoms. The number of nitrogens with two attached hydrogens (primary N) is 1. The second-order valence-corrected chi connectivity index (χ2v) is 5.34. The predicted molar refractivity (Wildman–Crippen MR) is 63.5 cm³/mol. The standard InChI is InChI=1S/C10H22N2OS/c1-5-14-7-6-10(4,9(11)13)12-8(2)3/h8,12H,5-7H2,1-4H3,(H2,11,13). The van der Waals surface area contributed by atoms with Crippen molar-refractivity contribution < 1.29 is 4.79 Å². The Morgan fingerprint density at radius 2 is 2.14 bits per heavy atom. The summed E-state index contributed by atoms with van der Waals surface area (Å²) < 4.78 is 0. The van der Waals surface area contributed by atoms with Crippen molar-refractivity contribution in [3.8, 4) is 0 Å². The lowest BCUT2D eigenvalue weighted by atomic mass is 9.97. The van der Waals surface area contributed by atoms with Crippen molar-refractivity contribution in [1.82, 2.24) is 5.32 Å². The number of hydrogen-bond acceptors (Lipinski definition) is 3. The van der Waals surface area contributed by atoms with Gasteiger partial charge in [0.2, 0.25) is 5.91 Å². The van der Waals surface area contributed by atoms with E-state index in [1.54, 1.807) is 0 Å². The van der Waals surface area contributed by atoms with Crippen molar-refractivity contribution in [1.29, 1.82) is 0 Å². The van der Waals surface area contributed by atoms with Gasteiger partial charge in [0.15, 0.2) is 0 Å². The van der Waals surface area contributed by atoms with Crippen LogP contribution in [0.4, 0.5) is 0 Å². The lowest BCUT2D eigenvalue weighted by Crippen LogP contribution is -2.55. The summed E-state index contributed by atoms with van der Waals surface area (Å²) in [6.45, 7) is 8.04. The molecule has 0 aliphatic carbocycles. The molecule has 0 spiro atoms. The zero-order valence-electron chi connectivity index (χ0n) is 9.59. The molecular formula is C10H22N2OS. The van der Waals surface area contributed by atoms with Crippen molar-refractivity contribution in [3.63, 3.8) is 0 Å². The molecule has 0 aliphatic rings. The number of rotatable bonds is 7. The normalized spacial score (nSPS) is 15.5. The summed E-state index contributed by atoms with van der Waals surface area (Å²) in [7, 11) is 0. The van der Waals surface area contributed by atoms with Crippen molar-refractivity contribution >= 4 is 17.7 Å². The maximum atomic E-state index is 11.3. The van der Waals surface area contributed by atoms with Crippen molar-refractivity contribution in [3.05, 3.63) is 0 Å². The van der Waals surface area contributed by atoms with E-state index < -0.39 is 5.54 Å². The highest BCUT2D eigenvalue weighted by Crippen LogP contribution is 2.14. The van der Waals surface area contributed by atoms with Gasteiger partial charge in [0.25, 0.3) is 0 Å². The molecule has 0 radical (unpaired) electrons. The molecule has 0 rings (SSSR count). The van der Waals surface area contributed by atoms with E-state index in [0.717, 1.165) is 17.9 Å². The maximum absolute atomic E-state index is 11.3. The fourth-order valence-corrected chi connectivity index (χ4v) is 2.17. The van der Waals surface area contributed by atoms with Gasteiger partial charge in [-0.05, 0) is 38.7 Å². The van der Waals surface area contributed by atoms with E-state index in [1.165, 1.54) is 0 Å². The van der Waals surface area contributed by atoms with Gasteiger partial charge >= 0.3 is 0 Å². The van der Waals surface area contributed by atoms with Gasteiger partial charge in [-0.3, -0.25) is 4.79 Å². The molecule has 1 atom stereocenters. The number of amides is 1. The van der Waals surface area contributed by atoms with Gasteiger partial charge in [-0.1, -0.05) is 6.92 Å². The van der Waals surface area contributed by atoms with Crippen LogP contribution in [-0.4, -0.2) is 29.0 Å². The molecule has 0 saturated heterocycles. The largest absolute Gasteiger partial charge is 0.368 e. The Bertz CT molecular complexity index is 185. The summed E-state index contributed by atoms with van der Waals surface area (Å²) in [5.41, 5.74) is 4.83. The smallest absolute Gasteiger partial charge is 0.237 e. The van der Waals surface area contributed by atoms with E-state index in [0.29, 0.717) is 0 Å². The third-order valence-corrected chi connectivity index (χ3v) is 3.00. The van der Waals surface area contributed by atoms with Gasteiger partial charge in [0.1, 0.15) is 0 Å². The number of thioether (sulfide) groups is 1. The Balaban J connectivity index is 4.17. The molecule has 0 aromatic rings. The summed E-state index contributed by atoms with van der Waals surface area (Å²) in [5.74, 6) is 1.79. The maximum Gasteiger partial charge on any atom is 0.237 e. The van der Waals surface area contributed by atoms with Crippen molar-refractivity contribution in [2.75, 3.05) is 11.5 Å². The average Bonchev–Trinajstić information content (AvgIpc) is 2.03. The minimum atomic E-state index is -0.559. The first kappa shape index (κ1) is 13.8. The summed E-state index contributed by atoms with van der Waals surface area (Å²) in [6.07, 6.45) is 0.791. The predicted octanol–water partition coefficient (Wildman–Crippen LogP) is 1.37. The number of carbonyl (C=O) groups excluding carboxylic acids is 1. The molecule has 0 heterocycles. The van der Waals surface area contributed by atoms with E-state index in [4.69, 9.17) is 5.73 Å². The van der Waals surface area contributed by atoms with Crippen LogP contribution in [0.5, 0.6) is 0 Å². The lowest BCUT2D eigenvalue weighted by molar-refractivity contribution is -0.124. The SMILES string of the molecule is CCSCCC(C)(NC(C)C)C(N)=O. The van der Waals surface area contributed by atoms with E-state index in [1.807, 2.05) is 32.5 Å². The molecule has 1 amide bonds. The van der Waals surface area contributed by atoms with Gasteiger partial charge in [0, 0.05) is 6.04 Å². The van der Waals surface area contributed by atoms with Crippen LogP contribution in [0.25, 0.3) is 0 Å². The molecule has 0 saturated carbocycles. The van der Waals surface area contributed by atoms with Gasteiger partial charge < -0.3 is 11.1 Å². The highest BCUT2D eigenvalue weighted by atomic mass is 32.2. The molecule has 84 valence electrons. The zero-order chi connectivity index (χ0) is 11.2. The van der Waals surface area contributed by atoms with Crippen LogP contribution in [0.1, 0.15) is 34.1 Å². The van der Waals surface area contributed by atoms with Crippen LogP contribution in [0, 0.1) is 0 Å². The Morgan fingerprint density at radius 1 is 1.57 bits per heavy atom. The molecule has 0 aliphatic heterocycles.